The van der Waals surface area contributed by atoms with Gasteiger partial charge in [0.1, 0.15) is 12.7 Å². The zero-order chi connectivity index (χ0) is 8.81. The molecule has 0 atom stereocenters. The van der Waals surface area contributed by atoms with Crippen molar-refractivity contribution in [2.45, 2.75) is 19.4 Å². The lowest BCUT2D eigenvalue weighted by atomic mass is 10.3. The summed E-state index contributed by atoms with van der Waals surface area (Å²) >= 11 is 0. The van der Waals surface area contributed by atoms with E-state index in [1.807, 2.05) is 4.57 Å². The molecule has 0 saturated heterocycles. The van der Waals surface area contributed by atoms with Crippen LogP contribution in [0.15, 0.2) is 12.7 Å². The predicted molar refractivity (Wildman–Crippen MR) is 41.3 cm³/mol. The maximum Gasteiger partial charge on any atom is 0.305 e. The molecular formula is C7H11N3O2. The van der Waals surface area contributed by atoms with Gasteiger partial charge in [-0.15, -0.1) is 10.2 Å². The third kappa shape index (κ3) is 2.69. The van der Waals surface area contributed by atoms with E-state index in [0.29, 0.717) is 6.42 Å². The topological polar surface area (TPSA) is 57.0 Å². The number of carbonyl (C=O) groups is 1. The summed E-state index contributed by atoms with van der Waals surface area (Å²) in [7, 11) is 1.39. The van der Waals surface area contributed by atoms with Crippen LogP contribution >= 0.6 is 0 Å². The highest BCUT2D eigenvalue weighted by Gasteiger charge is 1.99. The van der Waals surface area contributed by atoms with Crippen LogP contribution in [0.1, 0.15) is 12.8 Å². The van der Waals surface area contributed by atoms with Gasteiger partial charge in [-0.2, -0.15) is 0 Å². The summed E-state index contributed by atoms with van der Waals surface area (Å²) in [5.74, 6) is -0.178. The number of esters is 1. The summed E-state index contributed by atoms with van der Waals surface area (Å²) in [5, 5.41) is 7.27. The Labute approximate surface area is 70.4 Å². The van der Waals surface area contributed by atoms with E-state index >= 15 is 0 Å². The molecule has 0 saturated carbocycles. The van der Waals surface area contributed by atoms with Crippen LogP contribution in [0.3, 0.4) is 0 Å². The molecule has 0 unspecified atom stereocenters. The first-order chi connectivity index (χ1) is 5.83. The zero-order valence-corrected chi connectivity index (χ0v) is 6.93. The van der Waals surface area contributed by atoms with Gasteiger partial charge in [0.2, 0.25) is 0 Å². The minimum Gasteiger partial charge on any atom is -0.469 e. The van der Waals surface area contributed by atoms with Gasteiger partial charge in [-0.3, -0.25) is 4.79 Å². The highest BCUT2D eigenvalue weighted by Crippen LogP contribution is 1.95. The fourth-order valence-electron chi connectivity index (χ4n) is 0.846. The second-order valence-corrected chi connectivity index (χ2v) is 2.38. The summed E-state index contributed by atoms with van der Waals surface area (Å²) in [6.07, 6.45) is 4.44. The highest BCUT2D eigenvalue weighted by molar-refractivity contribution is 5.68. The number of methoxy groups -OCH3 is 1. The summed E-state index contributed by atoms with van der Waals surface area (Å²) in [6, 6.07) is 0. The Morgan fingerprint density at radius 1 is 1.50 bits per heavy atom. The van der Waals surface area contributed by atoms with Gasteiger partial charge in [-0.1, -0.05) is 0 Å². The van der Waals surface area contributed by atoms with Crippen molar-refractivity contribution in [3.63, 3.8) is 0 Å². The van der Waals surface area contributed by atoms with Crippen molar-refractivity contribution in [3.05, 3.63) is 12.7 Å². The van der Waals surface area contributed by atoms with E-state index in [1.54, 1.807) is 12.7 Å². The molecule has 1 aromatic rings. The largest absolute Gasteiger partial charge is 0.469 e. The van der Waals surface area contributed by atoms with Crippen molar-refractivity contribution >= 4 is 5.97 Å². The Morgan fingerprint density at radius 3 is 2.75 bits per heavy atom. The van der Waals surface area contributed by atoms with Gasteiger partial charge in [0.25, 0.3) is 0 Å². The van der Waals surface area contributed by atoms with Crippen LogP contribution in [0.25, 0.3) is 0 Å². The maximum atomic E-state index is 10.7. The first-order valence-electron chi connectivity index (χ1n) is 3.72. The smallest absolute Gasteiger partial charge is 0.305 e. The first-order valence-corrected chi connectivity index (χ1v) is 3.72. The number of ether oxygens (including phenoxy) is 1. The lowest BCUT2D eigenvalue weighted by Gasteiger charge is -1.99. The van der Waals surface area contributed by atoms with Crippen molar-refractivity contribution in [2.24, 2.45) is 0 Å². The number of nitrogens with zero attached hydrogens (tertiary/aromatic N) is 3. The average molecular weight is 169 g/mol. The number of aryl methyl sites for hydroxylation is 1. The fourth-order valence-corrected chi connectivity index (χ4v) is 0.846. The molecule has 0 aliphatic carbocycles. The molecule has 0 radical (unpaired) electrons. The Morgan fingerprint density at radius 2 is 2.17 bits per heavy atom. The molecule has 0 aliphatic rings. The molecule has 0 amide bonds. The Balaban J connectivity index is 2.15. The predicted octanol–water partition coefficient (Wildman–Crippen LogP) is 0.231. The van der Waals surface area contributed by atoms with Crippen molar-refractivity contribution < 1.29 is 9.53 Å². The van der Waals surface area contributed by atoms with Crippen LogP contribution in [-0.4, -0.2) is 27.8 Å². The maximum absolute atomic E-state index is 10.7. The lowest BCUT2D eigenvalue weighted by molar-refractivity contribution is -0.140. The summed E-state index contributed by atoms with van der Waals surface area (Å²) in [4.78, 5) is 10.7. The lowest BCUT2D eigenvalue weighted by Crippen LogP contribution is -2.02. The van der Waals surface area contributed by atoms with Crippen LogP contribution in [0, 0.1) is 0 Å². The summed E-state index contributed by atoms with van der Waals surface area (Å²) in [6.45, 7) is 0.752. The van der Waals surface area contributed by atoms with Crippen molar-refractivity contribution in [1.29, 1.82) is 0 Å². The third-order valence-corrected chi connectivity index (χ3v) is 1.49. The van der Waals surface area contributed by atoms with Crippen LogP contribution in [0.2, 0.25) is 0 Å². The molecule has 5 nitrogen and oxygen atoms in total. The van der Waals surface area contributed by atoms with E-state index in [0.717, 1.165) is 13.0 Å². The molecular weight excluding hydrogens is 158 g/mol. The molecule has 0 aromatic carbocycles. The number of aromatic nitrogens is 3. The van der Waals surface area contributed by atoms with Crippen LogP contribution in [0.5, 0.6) is 0 Å². The fraction of sp³-hybridized carbons (Fsp3) is 0.571. The minimum absolute atomic E-state index is 0.178. The molecule has 5 heteroatoms. The monoisotopic (exact) mass is 169 g/mol. The summed E-state index contributed by atoms with van der Waals surface area (Å²) < 4.78 is 6.31. The van der Waals surface area contributed by atoms with E-state index in [1.165, 1.54) is 7.11 Å². The van der Waals surface area contributed by atoms with Crippen LogP contribution in [0.4, 0.5) is 0 Å². The number of rotatable bonds is 4. The molecule has 1 aromatic heterocycles. The van der Waals surface area contributed by atoms with Crippen LogP contribution < -0.4 is 0 Å². The van der Waals surface area contributed by atoms with Gasteiger partial charge in [-0.25, -0.2) is 0 Å². The zero-order valence-electron chi connectivity index (χ0n) is 6.93. The quantitative estimate of drug-likeness (QED) is 0.605. The highest BCUT2D eigenvalue weighted by atomic mass is 16.5. The first kappa shape index (κ1) is 8.70. The van der Waals surface area contributed by atoms with Gasteiger partial charge in [0, 0.05) is 13.0 Å². The van der Waals surface area contributed by atoms with Gasteiger partial charge in [-0.05, 0) is 6.42 Å². The Kier molecular flexibility index (Phi) is 3.25. The van der Waals surface area contributed by atoms with Gasteiger partial charge in [0.05, 0.1) is 7.11 Å². The second-order valence-electron chi connectivity index (χ2n) is 2.38. The van der Waals surface area contributed by atoms with Crippen molar-refractivity contribution in [2.75, 3.05) is 7.11 Å². The van der Waals surface area contributed by atoms with Gasteiger partial charge in [0.15, 0.2) is 0 Å². The molecule has 1 heterocycles. The van der Waals surface area contributed by atoms with Crippen LogP contribution in [-0.2, 0) is 16.1 Å². The molecule has 1 rings (SSSR count). The van der Waals surface area contributed by atoms with E-state index in [9.17, 15) is 4.79 Å². The average Bonchev–Trinajstić information content (AvgIpc) is 2.57. The summed E-state index contributed by atoms with van der Waals surface area (Å²) in [5.41, 5.74) is 0. The minimum atomic E-state index is -0.178. The third-order valence-electron chi connectivity index (χ3n) is 1.49. The van der Waals surface area contributed by atoms with E-state index in [-0.39, 0.29) is 5.97 Å². The molecule has 0 fully saturated rings. The van der Waals surface area contributed by atoms with Crippen molar-refractivity contribution in [1.82, 2.24) is 14.8 Å². The SMILES string of the molecule is COC(=O)CCCn1cnnc1. The molecule has 0 aliphatic heterocycles. The molecule has 0 spiro atoms. The van der Waals surface area contributed by atoms with E-state index < -0.39 is 0 Å². The van der Waals surface area contributed by atoms with Crippen molar-refractivity contribution in [3.8, 4) is 0 Å². The van der Waals surface area contributed by atoms with Gasteiger partial charge < -0.3 is 9.30 Å². The second kappa shape index (κ2) is 4.48. The van der Waals surface area contributed by atoms with E-state index in [4.69, 9.17) is 0 Å². The molecule has 0 bridgehead atoms. The Bertz CT molecular complexity index is 233. The van der Waals surface area contributed by atoms with Gasteiger partial charge >= 0.3 is 5.97 Å². The molecule has 0 N–H and O–H groups in total. The Hall–Kier alpha value is -1.39. The molecule has 12 heavy (non-hydrogen) atoms. The van der Waals surface area contributed by atoms with E-state index in [2.05, 4.69) is 14.9 Å². The normalized spacial score (nSPS) is 9.75. The number of carbonyl (C=O) groups excluding carboxylic acids is 1. The standard InChI is InChI=1S/C7H11N3O2/c1-12-7(11)3-2-4-10-5-8-9-6-10/h5-6H,2-4H2,1H3. The number of hydrogen-bond donors (Lipinski definition) is 0. The number of hydrogen-bond acceptors (Lipinski definition) is 4. The molecule has 66 valence electrons.